The smallest absolute Gasteiger partial charge is 0.183 e. The molecule has 5 heteroatoms. The molecule has 5 nitrogen and oxygen atoms in total. The normalized spacial score (nSPS) is 10.9. The molecule has 3 aromatic rings. The second-order valence-corrected chi connectivity index (χ2v) is 3.69. The van der Waals surface area contributed by atoms with Gasteiger partial charge >= 0.3 is 0 Å². The molecule has 1 aromatic carbocycles. The first kappa shape index (κ1) is 9.89. The standard InChI is InChI=1S/C12H11N5/c1-2-10-15-12(17-16-10)8-4-3-5-9-11(8)14-7-6-13-9/h3-7H,2H2,1H3,(H,15,16,17). The first-order valence-electron chi connectivity index (χ1n) is 5.50. The average molecular weight is 225 g/mol. The van der Waals surface area contributed by atoms with E-state index in [0.29, 0.717) is 5.82 Å². The Bertz CT molecular complexity index is 653. The van der Waals surface area contributed by atoms with Crippen molar-refractivity contribution in [2.45, 2.75) is 13.3 Å². The van der Waals surface area contributed by atoms with Gasteiger partial charge in [0.2, 0.25) is 0 Å². The quantitative estimate of drug-likeness (QED) is 0.724. The van der Waals surface area contributed by atoms with E-state index in [9.17, 15) is 0 Å². The van der Waals surface area contributed by atoms with E-state index in [1.54, 1.807) is 12.4 Å². The number of aryl methyl sites for hydroxylation is 1. The van der Waals surface area contributed by atoms with Gasteiger partial charge in [-0.3, -0.25) is 15.1 Å². The van der Waals surface area contributed by atoms with Gasteiger partial charge in [-0.1, -0.05) is 13.0 Å². The third-order valence-corrected chi connectivity index (χ3v) is 2.61. The SMILES string of the molecule is CCc1nc(-c2cccc3nccnc23)n[nH]1. The molecule has 0 spiro atoms. The Balaban J connectivity index is 2.23. The molecule has 0 atom stereocenters. The van der Waals surface area contributed by atoms with Crippen LogP contribution in [-0.4, -0.2) is 25.1 Å². The van der Waals surface area contributed by atoms with E-state index in [0.717, 1.165) is 28.8 Å². The van der Waals surface area contributed by atoms with Crippen LogP contribution in [0.5, 0.6) is 0 Å². The fourth-order valence-electron chi connectivity index (χ4n) is 1.75. The predicted octanol–water partition coefficient (Wildman–Crippen LogP) is 1.98. The highest BCUT2D eigenvalue weighted by Gasteiger charge is 2.09. The summed E-state index contributed by atoms with van der Waals surface area (Å²) < 4.78 is 0. The summed E-state index contributed by atoms with van der Waals surface area (Å²) >= 11 is 0. The molecule has 2 heterocycles. The summed E-state index contributed by atoms with van der Waals surface area (Å²) in [6.45, 7) is 2.03. The fourth-order valence-corrected chi connectivity index (χ4v) is 1.75. The van der Waals surface area contributed by atoms with Crippen LogP contribution in [0.15, 0.2) is 30.6 Å². The lowest BCUT2D eigenvalue weighted by Crippen LogP contribution is -1.88. The van der Waals surface area contributed by atoms with Crippen LogP contribution in [0.25, 0.3) is 22.4 Å². The Morgan fingerprint density at radius 3 is 2.88 bits per heavy atom. The predicted molar refractivity (Wildman–Crippen MR) is 64.3 cm³/mol. The number of hydrogen-bond acceptors (Lipinski definition) is 4. The van der Waals surface area contributed by atoms with Crippen LogP contribution in [0.1, 0.15) is 12.7 Å². The van der Waals surface area contributed by atoms with Gasteiger partial charge in [-0.25, -0.2) is 4.98 Å². The number of nitrogens with zero attached hydrogens (tertiary/aromatic N) is 4. The van der Waals surface area contributed by atoms with E-state index in [-0.39, 0.29) is 0 Å². The van der Waals surface area contributed by atoms with Gasteiger partial charge in [-0.15, -0.1) is 0 Å². The molecule has 0 saturated carbocycles. The maximum absolute atomic E-state index is 4.41. The van der Waals surface area contributed by atoms with Gasteiger partial charge < -0.3 is 0 Å². The van der Waals surface area contributed by atoms with Crippen LogP contribution < -0.4 is 0 Å². The molecule has 0 fully saturated rings. The number of benzene rings is 1. The minimum Gasteiger partial charge on any atom is -0.263 e. The van der Waals surface area contributed by atoms with Crippen molar-refractivity contribution in [3.63, 3.8) is 0 Å². The number of H-pyrrole nitrogens is 1. The molecular formula is C12H11N5. The molecule has 3 rings (SSSR count). The lowest BCUT2D eigenvalue weighted by molar-refractivity contribution is 0.946. The van der Waals surface area contributed by atoms with Crippen LogP contribution in [0.2, 0.25) is 0 Å². The van der Waals surface area contributed by atoms with Gasteiger partial charge in [0, 0.05) is 24.4 Å². The Labute approximate surface area is 98.0 Å². The lowest BCUT2D eigenvalue weighted by atomic mass is 10.1. The molecule has 0 bridgehead atoms. The summed E-state index contributed by atoms with van der Waals surface area (Å²) in [6.07, 6.45) is 4.20. The largest absolute Gasteiger partial charge is 0.263 e. The van der Waals surface area contributed by atoms with Crippen LogP contribution in [0.4, 0.5) is 0 Å². The highest BCUT2D eigenvalue weighted by Crippen LogP contribution is 2.22. The summed E-state index contributed by atoms with van der Waals surface area (Å²) in [5, 5.41) is 7.11. The summed E-state index contributed by atoms with van der Waals surface area (Å²) in [4.78, 5) is 13.0. The zero-order valence-electron chi connectivity index (χ0n) is 9.38. The van der Waals surface area contributed by atoms with Gasteiger partial charge in [0.1, 0.15) is 5.82 Å². The first-order chi connectivity index (χ1) is 8.38. The number of para-hydroxylation sites is 1. The minimum absolute atomic E-state index is 0.674. The van der Waals surface area contributed by atoms with Crippen LogP contribution in [0.3, 0.4) is 0 Å². The van der Waals surface area contributed by atoms with Gasteiger partial charge in [0.15, 0.2) is 5.82 Å². The van der Waals surface area contributed by atoms with Gasteiger partial charge in [0.05, 0.1) is 11.0 Å². The Hall–Kier alpha value is -2.30. The molecule has 0 saturated heterocycles. The topological polar surface area (TPSA) is 67.3 Å². The fraction of sp³-hybridized carbons (Fsp3) is 0.167. The van der Waals surface area contributed by atoms with E-state index in [1.807, 2.05) is 25.1 Å². The van der Waals surface area contributed by atoms with Crippen molar-refractivity contribution in [2.24, 2.45) is 0 Å². The summed E-state index contributed by atoms with van der Waals surface area (Å²) in [7, 11) is 0. The first-order valence-corrected chi connectivity index (χ1v) is 5.50. The Morgan fingerprint density at radius 2 is 2.06 bits per heavy atom. The van der Waals surface area contributed by atoms with Crippen molar-refractivity contribution in [1.82, 2.24) is 25.1 Å². The summed E-state index contributed by atoms with van der Waals surface area (Å²) in [6, 6.07) is 5.83. The number of nitrogens with one attached hydrogen (secondary N) is 1. The zero-order valence-corrected chi connectivity index (χ0v) is 9.38. The maximum atomic E-state index is 4.41. The minimum atomic E-state index is 0.674. The molecule has 0 unspecified atom stereocenters. The number of hydrogen-bond donors (Lipinski definition) is 1. The van der Waals surface area contributed by atoms with Crippen molar-refractivity contribution in [2.75, 3.05) is 0 Å². The summed E-state index contributed by atoms with van der Waals surface area (Å²) in [5.41, 5.74) is 2.59. The molecule has 0 amide bonds. The third kappa shape index (κ3) is 1.65. The molecular weight excluding hydrogens is 214 g/mol. The van der Waals surface area contributed by atoms with E-state index < -0.39 is 0 Å². The monoisotopic (exact) mass is 225 g/mol. The third-order valence-electron chi connectivity index (χ3n) is 2.61. The van der Waals surface area contributed by atoms with Crippen molar-refractivity contribution >= 4 is 11.0 Å². The van der Waals surface area contributed by atoms with E-state index >= 15 is 0 Å². The molecule has 1 N–H and O–H groups in total. The highest BCUT2D eigenvalue weighted by molar-refractivity contribution is 5.88. The van der Waals surface area contributed by atoms with Crippen LogP contribution in [0, 0.1) is 0 Å². The molecule has 84 valence electrons. The molecule has 0 aliphatic rings. The maximum Gasteiger partial charge on any atom is 0.183 e. The van der Waals surface area contributed by atoms with E-state index in [2.05, 4.69) is 25.1 Å². The molecule has 0 aliphatic carbocycles. The van der Waals surface area contributed by atoms with Crippen molar-refractivity contribution < 1.29 is 0 Å². The number of fused-ring (bicyclic) bond motifs is 1. The van der Waals surface area contributed by atoms with Crippen LogP contribution >= 0.6 is 0 Å². The molecule has 0 radical (unpaired) electrons. The summed E-state index contributed by atoms with van der Waals surface area (Å²) in [5.74, 6) is 1.55. The second-order valence-electron chi connectivity index (χ2n) is 3.69. The van der Waals surface area contributed by atoms with Crippen LogP contribution in [-0.2, 0) is 6.42 Å². The second kappa shape index (κ2) is 3.93. The number of rotatable bonds is 2. The van der Waals surface area contributed by atoms with Crippen molar-refractivity contribution in [3.8, 4) is 11.4 Å². The van der Waals surface area contributed by atoms with Gasteiger partial charge in [-0.05, 0) is 12.1 Å². The number of aromatic amines is 1. The van der Waals surface area contributed by atoms with Gasteiger partial charge in [-0.2, -0.15) is 5.10 Å². The van der Waals surface area contributed by atoms with E-state index in [1.165, 1.54) is 0 Å². The van der Waals surface area contributed by atoms with Crippen molar-refractivity contribution in [1.29, 1.82) is 0 Å². The van der Waals surface area contributed by atoms with Crippen molar-refractivity contribution in [3.05, 3.63) is 36.4 Å². The van der Waals surface area contributed by atoms with Gasteiger partial charge in [0.25, 0.3) is 0 Å². The lowest BCUT2D eigenvalue weighted by Gasteiger charge is -2.00. The molecule has 2 aromatic heterocycles. The molecule has 17 heavy (non-hydrogen) atoms. The Kier molecular flexibility index (Phi) is 2.29. The average Bonchev–Trinajstić information content (AvgIpc) is 2.87. The highest BCUT2D eigenvalue weighted by atomic mass is 15.2. The van der Waals surface area contributed by atoms with E-state index in [4.69, 9.17) is 0 Å². The number of aromatic nitrogens is 5. The zero-order chi connectivity index (χ0) is 11.7. The Morgan fingerprint density at radius 1 is 1.18 bits per heavy atom. The molecule has 0 aliphatic heterocycles.